The summed E-state index contributed by atoms with van der Waals surface area (Å²) in [7, 11) is 0. The van der Waals surface area contributed by atoms with Gasteiger partial charge in [-0.25, -0.2) is 4.98 Å². The maximum absolute atomic E-state index is 4.49. The molecule has 3 heterocycles. The van der Waals surface area contributed by atoms with Crippen molar-refractivity contribution in [1.82, 2.24) is 20.2 Å². The van der Waals surface area contributed by atoms with Crippen molar-refractivity contribution < 1.29 is 0 Å². The summed E-state index contributed by atoms with van der Waals surface area (Å²) in [5, 5.41) is 7.04. The summed E-state index contributed by atoms with van der Waals surface area (Å²) in [6.07, 6.45) is 7.29. The van der Waals surface area contributed by atoms with Crippen molar-refractivity contribution in [3.8, 4) is 0 Å². The van der Waals surface area contributed by atoms with Crippen molar-refractivity contribution in [2.24, 2.45) is 0 Å². The summed E-state index contributed by atoms with van der Waals surface area (Å²) < 4.78 is 0. The number of aromatic amines is 1. The van der Waals surface area contributed by atoms with E-state index in [1.165, 1.54) is 16.0 Å². The van der Waals surface area contributed by atoms with Crippen molar-refractivity contribution in [2.45, 2.75) is 19.8 Å². The third-order valence-electron chi connectivity index (χ3n) is 3.13. The van der Waals surface area contributed by atoms with Gasteiger partial charge in [0.2, 0.25) is 0 Å². The molecule has 0 aliphatic rings. The molecule has 0 radical (unpaired) electrons. The van der Waals surface area contributed by atoms with Crippen LogP contribution in [-0.2, 0) is 12.8 Å². The number of rotatable bonds is 4. The van der Waals surface area contributed by atoms with Crippen molar-refractivity contribution in [3.05, 3.63) is 63.6 Å². The molecule has 0 aliphatic carbocycles. The number of hydrogen-bond acceptors (Lipinski definition) is 4. The zero-order chi connectivity index (χ0) is 13.1. The molecule has 1 N–H and O–H groups in total. The molecule has 0 spiro atoms. The van der Waals surface area contributed by atoms with Crippen LogP contribution in [0.1, 0.15) is 27.4 Å². The zero-order valence-electron chi connectivity index (χ0n) is 10.6. The van der Waals surface area contributed by atoms with E-state index < -0.39 is 0 Å². The summed E-state index contributed by atoms with van der Waals surface area (Å²) >= 11 is 1.71. The standard InChI is InChI=1S/C14H14N4S/c1-10-12(8-17-18-10)7-14-13(16-9-19-14)6-11-2-4-15-5-3-11/h2-5,8-9H,6-7H2,1H3,(H,17,18). The first-order valence-electron chi connectivity index (χ1n) is 6.12. The molecule has 96 valence electrons. The highest BCUT2D eigenvalue weighted by Crippen LogP contribution is 2.21. The highest BCUT2D eigenvalue weighted by Gasteiger charge is 2.10. The number of hydrogen-bond donors (Lipinski definition) is 1. The molecule has 3 rings (SSSR count). The molecular formula is C14H14N4S. The predicted molar refractivity (Wildman–Crippen MR) is 75.3 cm³/mol. The minimum Gasteiger partial charge on any atom is -0.283 e. The number of thiazole rings is 1. The molecule has 3 aromatic heterocycles. The van der Waals surface area contributed by atoms with Crippen LogP contribution in [0.3, 0.4) is 0 Å². The van der Waals surface area contributed by atoms with Gasteiger partial charge in [-0.2, -0.15) is 5.10 Å². The molecule has 5 heteroatoms. The van der Waals surface area contributed by atoms with Crippen molar-refractivity contribution in [3.63, 3.8) is 0 Å². The number of pyridine rings is 1. The fourth-order valence-corrected chi connectivity index (χ4v) is 2.81. The van der Waals surface area contributed by atoms with E-state index >= 15 is 0 Å². The quantitative estimate of drug-likeness (QED) is 0.793. The number of aromatic nitrogens is 4. The lowest BCUT2D eigenvalue weighted by atomic mass is 10.1. The molecule has 0 bridgehead atoms. The summed E-state index contributed by atoms with van der Waals surface area (Å²) in [5.41, 5.74) is 6.67. The molecule has 0 amide bonds. The summed E-state index contributed by atoms with van der Waals surface area (Å²) in [4.78, 5) is 9.84. The topological polar surface area (TPSA) is 54.5 Å². The Kier molecular flexibility index (Phi) is 3.37. The Labute approximate surface area is 115 Å². The van der Waals surface area contributed by atoms with E-state index in [0.29, 0.717) is 0 Å². The maximum atomic E-state index is 4.49. The Morgan fingerprint density at radius 3 is 2.79 bits per heavy atom. The third kappa shape index (κ3) is 2.71. The summed E-state index contributed by atoms with van der Waals surface area (Å²) in [6, 6.07) is 4.07. The SMILES string of the molecule is Cc1[nH]ncc1Cc1scnc1Cc1ccncc1. The summed E-state index contributed by atoms with van der Waals surface area (Å²) in [5.74, 6) is 0. The molecular weight excluding hydrogens is 256 g/mol. The van der Waals surface area contributed by atoms with Gasteiger partial charge in [0.05, 0.1) is 17.4 Å². The number of aryl methyl sites for hydroxylation is 1. The van der Waals surface area contributed by atoms with Crippen LogP contribution >= 0.6 is 11.3 Å². The lowest BCUT2D eigenvalue weighted by molar-refractivity contribution is 1.03. The molecule has 0 aromatic carbocycles. The van der Waals surface area contributed by atoms with E-state index in [4.69, 9.17) is 0 Å². The van der Waals surface area contributed by atoms with Gasteiger partial charge in [-0.1, -0.05) is 0 Å². The van der Waals surface area contributed by atoms with Crippen LogP contribution in [0.15, 0.2) is 36.2 Å². The smallest absolute Gasteiger partial charge is 0.0797 e. The van der Waals surface area contributed by atoms with Gasteiger partial charge in [0.15, 0.2) is 0 Å². The van der Waals surface area contributed by atoms with Crippen LogP contribution in [0.4, 0.5) is 0 Å². The highest BCUT2D eigenvalue weighted by atomic mass is 32.1. The second-order valence-corrected chi connectivity index (χ2v) is 5.39. The van der Waals surface area contributed by atoms with Crippen LogP contribution in [0, 0.1) is 6.92 Å². The second-order valence-electron chi connectivity index (χ2n) is 4.45. The minimum absolute atomic E-state index is 0.859. The first kappa shape index (κ1) is 12.0. The molecule has 19 heavy (non-hydrogen) atoms. The van der Waals surface area contributed by atoms with E-state index in [1.807, 2.05) is 43.2 Å². The van der Waals surface area contributed by atoms with Crippen molar-refractivity contribution in [2.75, 3.05) is 0 Å². The Balaban J connectivity index is 1.81. The van der Waals surface area contributed by atoms with E-state index in [2.05, 4.69) is 20.2 Å². The van der Waals surface area contributed by atoms with Gasteiger partial charge >= 0.3 is 0 Å². The van der Waals surface area contributed by atoms with Crippen LogP contribution in [-0.4, -0.2) is 20.2 Å². The Morgan fingerprint density at radius 2 is 2.05 bits per heavy atom. The molecule has 4 nitrogen and oxygen atoms in total. The van der Waals surface area contributed by atoms with Crippen LogP contribution in [0.25, 0.3) is 0 Å². The molecule has 3 aromatic rings. The number of H-pyrrole nitrogens is 1. The number of nitrogens with zero attached hydrogens (tertiary/aromatic N) is 3. The third-order valence-corrected chi connectivity index (χ3v) is 4.01. The molecule has 0 unspecified atom stereocenters. The Bertz CT molecular complexity index is 657. The Hall–Kier alpha value is -2.01. The Morgan fingerprint density at radius 1 is 1.21 bits per heavy atom. The fourth-order valence-electron chi connectivity index (χ4n) is 2.00. The van der Waals surface area contributed by atoms with Gasteiger partial charge in [-0.3, -0.25) is 10.1 Å². The van der Waals surface area contributed by atoms with Crippen LogP contribution < -0.4 is 0 Å². The van der Waals surface area contributed by atoms with Gasteiger partial charge < -0.3 is 0 Å². The largest absolute Gasteiger partial charge is 0.283 e. The number of nitrogens with one attached hydrogen (secondary N) is 1. The molecule has 0 fully saturated rings. The maximum Gasteiger partial charge on any atom is 0.0797 e. The molecule has 0 saturated heterocycles. The first-order chi connectivity index (χ1) is 9.33. The van der Waals surface area contributed by atoms with E-state index in [-0.39, 0.29) is 0 Å². The molecule has 0 saturated carbocycles. The monoisotopic (exact) mass is 270 g/mol. The van der Waals surface area contributed by atoms with Crippen LogP contribution in [0.2, 0.25) is 0 Å². The molecule has 0 aliphatic heterocycles. The minimum atomic E-state index is 0.859. The van der Waals surface area contributed by atoms with Crippen LogP contribution in [0.5, 0.6) is 0 Å². The van der Waals surface area contributed by atoms with E-state index in [0.717, 1.165) is 24.2 Å². The van der Waals surface area contributed by atoms with Gasteiger partial charge in [-0.15, -0.1) is 11.3 Å². The second kappa shape index (κ2) is 5.32. The zero-order valence-corrected chi connectivity index (χ0v) is 11.4. The lowest BCUT2D eigenvalue weighted by Crippen LogP contribution is -1.95. The summed E-state index contributed by atoms with van der Waals surface area (Å²) in [6.45, 7) is 2.05. The average molecular weight is 270 g/mol. The fraction of sp³-hybridized carbons (Fsp3) is 0.214. The van der Waals surface area contributed by atoms with E-state index in [1.54, 1.807) is 11.3 Å². The normalized spacial score (nSPS) is 10.8. The highest BCUT2D eigenvalue weighted by molar-refractivity contribution is 7.09. The average Bonchev–Trinajstić information content (AvgIpc) is 3.02. The van der Waals surface area contributed by atoms with Crippen molar-refractivity contribution >= 4 is 11.3 Å². The first-order valence-corrected chi connectivity index (χ1v) is 7.00. The van der Waals surface area contributed by atoms with E-state index in [9.17, 15) is 0 Å². The van der Waals surface area contributed by atoms with Crippen molar-refractivity contribution in [1.29, 1.82) is 0 Å². The van der Waals surface area contributed by atoms with Gasteiger partial charge in [0.1, 0.15) is 0 Å². The van der Waals surface area contributed by atoms with Gasteiger partial charge in [0, 0.05) is 35.8 Å². The van der Waals surface area contributed by atoms with Gasteiger partial charge in [-0.05, 0) is 30.2 Å². The molecule has 0 atom stereocenters. The van der Waals surface area contributed by atoms with Gasteiger partial charge in [0.25, 0.3) is 0 Å². The lowest BCUT2D eigenvalue weighted by Gasteiger charge is -2.02. The predicted octanol–water partition coefficient (Wildman–Crippen LogP) is 2.75.